The van der Waals surface area contributed by atoms with Crippen molar-refractivity contribution in [2.45, 2.75) is 26.8 Å². The van der Waals surface area contributed by atoms with E-state index in [-0.39, 0.29) is 0 Å². The number of para-hydroxylation sites is 1. The smallest absolute Gasteiger partial charge is 0.0906 e. The number of oxime groups is 1. The predicted molar refractivity (Wildman–Crippen MR) is 86.3 cm³/mol. The van der Waals surface area contributed by atoms with Gasteiger partial charge in [0.05, 0.1) is 5.71 Å². The van der Waals surface area contributed by atoms with Crippen LogP contribution in [0.2, 0.25) is 0 Å². The van der Waals surface area contributed by atoms with Crippen molar-refractivity contribution in [2.24, 2.45) is 5.16 Å². The summed E-state index contributed by atoms with van der Waals surface area (Å²) in [5.41, 5.74) is 6.89. The van der Waals surface area contributed by atoms with Crippen LogP contribution >= 0.6 is 0 Å². The van der Waals surface area contributed by atoms with Crippen molar-refractivity contribution in [3.05, 3.63) is 64.7 Å². The predicted octanol–water partition coefficient (Wildman–Crippen LogP) is 3.89. The molecule has 3 nitrogen and oxygen atoms in total. The molecular weight excluding hydrogens is 260 g/mol. The van der Waals surface area contributed by atoms with E-state index in [2.05, 4.69) is 48.2 Å². The first-order valence-corrected chi connectivity index (χ1v) is 7.30. The second-order valence-corrected chi connectivity index (χ2v) is 5.73. The van der Waals surface area contributed by atoms with Crippen molar-refractivity contribution in [1.82, 2.24) is 0 Å². The number of anilines is 1. The molecule has 0 bridgehead atoms. The van der Waals surface area contributed by atoms with Gasteiger partial charge in [0, 0.05) is 30.8 Å². The summed E-state index contributed by atoms with van der Waals surface area (Å²) in [7, 11) is 0. The van der Waals surface area contributed by atoms with Gasteiger partial charge in [-0.3, -0.25) is 0 Å². The molecule has 0 atom stereocenters. The largest absolute Gasteiger partial charge is 0.411 e. The second kappa shape index (κ2) is 5.60. The molecule has 108 valence electrons. The Labute approximate surface area is 125 Å². The molecule has 0 aromatic heterocycles. The van der Waals surface area contributed by atoms with Crippen LogP contribution in [0, 0.1) is 13.8 Å². The van der Waals surface area contributed by atoms with E-state index in [9.17, 15) is 0 Å². The molecule has 1 heterocycles. The summed E-state index contributed by atoms with van der Waals surface area (Å²) in [5, 5.41) is 12.6. The van der Waals surface area contributed by atoms with Gasteiger partial charge in [-0.05, 0) is 25.5 Å². The summed E-state index contributed by atoms with van der Waals surface area (Å²) >= 11 is 0. The molecule has 0 radical (unpaired) electrons. The molecule has 0 saturated heterocycles. The highest BCUT2D eigenvalue weighted by Gasteiger charge is 2.21. The summed E-state index contributed by atoms with van der Waals surface area (Å²) in [6.45, 7) is 6.04. The zero-order valence-corrected chi connectivity index (χ0v) is 12.5. The minimum absolute atomic E-state index is 0.776. The molecule has 1 N–H and O–H groups in total. The lowest BCUT2D eigenvalue weighted by molar-refractivity contribution is 0.317. The van der Waals surface area contributed by atoms with Crippen molar-refractivity contribution < 1.29 is 5.21 Å². The third-order valence-electron chi connectivity index (χ3n) is 3.95. The van der Waals surface area contributed by atoms with E-state index >= 15 is 0 Å². The lowest BCUT2D eigenvalue weighted by atomic mass is 9.98. The highest BCUT2D eigenvalue weighted by Crippen LogP contribution is 2.28. The number of aryl methyl sites for hydroxylation is 2. The standard InChI is InChI=1S/C18H20N2O/c1-13-9-14(2)11-15(10-13)12-20-8-7-17(19-21)16-5-3-4-6-18(16)20/h3-6,9-11,21H,7-8,12H2,1-2H3. The summed E-state index contributed by atoms with van der Waals surface area (Å²) in [5.74, 6) is 0. The number of hydrogen-bond donors (Lipinski definition) is 1. The Kier molecular flexibility index (Phi) is 3.65. The van der Waals surface area contributed by atoms with Crippen LogP contribution in [0.3, 0.4) is 0 Å². The minimum Gasteiger partial charge on any atom is -0.411 e. The fourth-order valence-corrected chi connectivity index (χ4v) is 3.14. The van der Waals surface area contributed by atoms with Gasteiger partial charge in [0.25, 0.3) is 0 Å². The average Bonchev–Trinajstić information content (AvgIpc) is 2.46. The molecule has 1 aliphatic rings. The molecule has 0 amide bonds. The fraction of sp³-hybridized carbons (Fsp3) is 0.278. The fourth-order valence-electron chi connectivity index (χ4n) is 3.14. The lowest BCUT2D eigenvalue weighted by Gasteiger charge is -2.31. The van der Waals surface area contributed by atoms with Crippen molar-refractivity contribution in [1.29, 1.82) is 0 Å². The molecule has 0 unspecified atom stereocenters. The van der Waals surface area contributed by atoms with Gasteiger partial charge < -0.3 is 10.1 Å². The van der Waals surface area contributed by atoms with E-state index in [1.165, 1.54) is 16.7 Å². The lowest BCUT2D eigenvalue weighted by Crippen LogP contribution is -2.32. The molecule has 2 aromatic carbocycles. The summed E-state index contributed by atoms with van der Waals surface area (Å²) in [4.78, 5) is 2.36. The Balaban J connectivity index is 1.93. The first-order chi connectivity index (χ1) is 10.2. The molecule has 1 aliphatic heterocycles. The van der Waals surface area contributed by atoms with Crippen molar-refractivity contribution >= 4 is 11.4 Å². The Morgan fingerprint density at radius 1 is 1.10 bits per heavy atom. The van der Waals surface area contributed by atoms with Crippen LogP contribution in [0.5, 0.6) is 0 Å². The Morgan fingerprint density at radius 2 is 1.81 bits per heavy atom. The van der Waals surface area contributed by atoms with E-state index in [1.54, 1.807) is 0 Å². The number of fused-ring (bicyclic) bond motifs is 1. The first kappa shape index (κ1) is 13.7. The molecule has 0 fully saturated rings. The second-order valence-electron chi connectivity index (χ2n) is 5.73. The van der Waals surface area contributed by atoms with Gasteiger partial charge in [0.1, 0.15) is 0 Å². The van der Waals surface area contributed by atoms with E-state index < -0.39 is 0 Å². The monoisotopic (exact) mass is 280 g/mol. The molecule has 0 saturated carbocycles. The van der Waals surface area contributed by atoms with Gasteiger partial charge in [0.2, 0.25) is 0 Å². The molecule has 0 spiro atoms. The van der Waals surface area contributed by atoms with Crippen LogP contribution in [-0.2, 0) is 6.54 Å². The number of hydrogen-bond acceptors (Lipinski definition) is 3. The Morgan fingerprint density at radius 3 is 2.52 bits per heavy atom. The number of benzene rings is 2. The molecule has 3 heteroatoms. The van der Waals surface area contributed by atoms with Crippen LogP contribution in [0.1, 0.15) is 28.7 Å². The highest BCUT2D eigenvalue weighted by molar-refractivity contribution is 6.06. The van der Waals surface area contributed by atoms with Crippen LogP contribution in [0.4, 0.5) is 5.69 Å². The highest BCUT2D eigenvalue weighted by atomic mass is 16.4. The van der Waals surface area contributed by atoms with Gasteiger partial charge in [0.15, 0.2) is 0 Å². The molecule has 0 aliphatic carbocycles. The maximum atomic E-state index is 9.16. The molecular formula is C18H20N2O. The molecule has 2 aromatic rings. The third kappa shape index (κ3) is 2.77. The minimum atomic E-state index is 0.776. The van der Waals surface area contributed by atoms with Crippen molar-refractivity contribution in [3.8, 4) is 0 Å². The summed E-state index contributed by atoms with van der Waals surface area (Å²) in [6.07, 6.45) is 0.776. The molecule has 21 heavy (non-hydrogen) atoms. The van der Waals surface area contributed by atoms with Gasteiger partial charge in [-0.15, -0.1) is 0 Å². The van der Waals surface area contributed by atoms with Crippen LogP contribution in [-0.4, -0.2) is 17.5 Å². The van der Waals surface area contributed by atoms with Gasteiger partial charge in [-0.1, -0.05) is 52.7 Å². The normalized spacial score (nSPS) is 16.1. The van der Waals surface area contributed by atoms with Gasteiger partial charge in [-0.25, -0.2) is 0 Å². The quantitative estimate of drug-likeness (QED) is 0.669. The zero-order valence-electron chi connectivity index (χ0n) is 12.5. The maximum absolute atomic E-state index is 9.16. The number of rotatable bonds is 2. The average molecular weight is 280 g/mol. The van der Waals surface area contributed by atoms with E-state index in [4.69, 9.17) is 5.21 Å². The topological polar surface area (TPSA) is 35.8 Å². The van der Waals surface area contributed by atoms with E-state index in [0.29, 0.717) is 0 Å². The van der Waals surface area contributed by atoms with Crippen LogP contribution < -0.4 is 4.90 Å². The SMILES string of the molecule is Cc1cc(C)cc(CN2CCC(=NO)c3ccccc32)c1. The third-order valence-corrected chi connectivity index (χ3v) is 3.95. The first-order valence-electron chi connectivity index (χ1n) is 7.30. The summed E-state index contributed by atoms with van der Waals surface area (Å²) in [6, 6.07) is 14.8. The Hall–Kier alpha value is -2.29. The van der Waals surface area contributed by atoms with E-state index in [0.717, 1.165) is 36.5 Å². The Bertz CT molecular complexity index is 671. The molecule has 3 rings (SSSR count). The zero-order chi connectivity index (χ0) is 14.8. The maximum Gasteiger partial charge on any atom is 0.0906 e. The van der Waals surface area contributed by atoms with E-state index in [1.807, 2.05) is 18.2 Å². The van der Waals surface area contributed by atoms with Gasteiger partial charge in [-0.2, -0.15) is 0 Å². The van der Waals surface area contributed by atoms with Gasteiger partial charge >= 0.3 is 0 Å². The number of nitrogens with zero attached hydrogens (tertiary/aromatic N) is 2. The summed E-state index contributed by atoms with van der Waals surface area (Å²) < 4.78 is 0. The van der Waals surface area contributed by atoms with Crippen LogP contribution in [0.25, 0.3) is 0 Å². The van der Waals surface area contributed by atoms with Crippen LogP contribution in [0.15, 0.2) is 47.6 Å². The van der Waals surface area contributed by atoms with Crippen molar-refractivity contribution in [2.75, 3.05) is 11.4 Å². The van der Waals surface area contributed by atoms with Crippen molar-refractivity contribution in [3.63, 3.8) is 0 Å².